The lowest BCUT2D eigenvalue weighted by molar-refractivity contribution is 0.276. The van der Waals surface area contributed by atoms with Gasteiger partial charge in [-0.15, -0.1) is 0 Å². The average Bonchev–Trinajstić information content (AvgIpc) is 2.54. The number of rotatable bonds is 5. The normalized spacial score (nSPS) is 11.6. The maximum atomic E-state index is 8.96. The molecule has 22 heavy (non-hydrogen) atoms. The smallest absolute Gasteiger partial charge is 0.0449 e. The Balaban J connectivity index is 1.93. The van der Waals surface area contributed by atoms with Gasteiger partial charge < -0.3 is 10.8 Å². The van der Waals surface area contributed by atoms with Crippen molar-refractivity contribution in [2.75, 3.05) is 6.61 Å². The fourth-order valence-electron chi connectivity index (χ4n) is 2.27. The van der Waals surface area contributed by atoms with Gasteiger partial charge in [0, 0.05) is 25.5 Å². The van der Waals surface area contributed by atoms with Crippen molar-refractivity contribution in [1.29, 1.82) is 0 Å². The molecule has 0 heterocycles. The van der Waals surface area contributed by atoms with Crippen LogP contribution in [0.15, 0.2) is 48.5 Å². The molecule has 0 radical (unpaired) electrons. The van der Waals surface area contributed by atoms with E-state index in [4.69, 9.17) is 10.8 Å². The number of hydrogen-bond acceptors (Lipinski definition) is 2. The molecule has 0 aliphatic heterocycles. The number of nitrogens with two attached hydrogens (primary N) is 1. The molecule has 0 bridgehead atoms. The van der Waals surface area contributed by atoms with Crippen molar-refractivity contribution in [1.82, 2.24) is 0 Å². The molecule has 1 atom stereocenters. The third kappa shape index (κ3) is 5.04. The number of aliphatic hydroxyl groups is 1. The molecule has 0 aromatic heterocycles. The zero-order chi connectivity index (χ0) is 15.8. The van der Waals surface area contributed by atoms with Crippen LogP contribution in [0.25, 0.3) is 0 Å². The van der Waals surface area contributed by atoms with Gasteiger partial charge in [0.1, 0.15) is 0 Å². The van der Waals surface area contributed by atoms with Crippen molar-refractivity contribution in [3.8, 4) is 11.8 Å². The summed E-state index contributed by atoms with van der Waals surface area (Å²) in [5.41, 5.74) is 10.8. The van der Waals surface area contributed by atoms with E-state index in [0.717, 1.165) is 18.4 Å². The van der Waals surface area contributed by atoms with E-state index < -0.39 is 0 Å². The molecule has 0 aliphatic carbocycles. The number of hydrogen-bond donors (Lipinski definition) is 2. The van der Waals surface area contributed by atoms with Gasteiger partial charge in [0.2, 0.25) is 0 Å². The van der Waals surface area contributed by atoms with E-state index in [-0.39, 0.29) is 12.6 Å². The lowest BCUT2D eigenvalue weighted by Crippen LogP contribution is -2.12. The summed E-state index contributed by atoms with van der Waals surface area (Å²) in [6, 6.07) is 16.5. The molecule has 2 aromatic rings. The monoisotopic (exact) mass is 293 g/mol. The Morgan fingerprint density at radius 3 is 2.36 bits per heavy atom. The molecular formula is C20H23NO. The summed E-state index contributed by atoms with van der Waals surface area (Å²) in [6.45, 7) is 2.20. The first kappa shape index (κ1) is 16.3. The van der Waals surface area contributed by atoms with Crippen LogP contribution < -0.4 is 5.73 Å². The van der Waals surface area contributed by atoms with Crippen LogP contribution >= 0.6 is 0 Å². The van der Waals surface area contributed by atoms with Crippen molar-refractivity contribution in [3.63, 3.8) is 0 Å². The fourth-order valence-corrected chi connectivity index (χ4v) is 2.27. The van der Waals surface area contributed by atoms with Crippen molar-refractivity contribution < 1.29 is 5.11 Å². The molecule has 3 N–H and O–H groups in total. The highest BCUT2D eigenvalue weighted by Gasteiger charge is 2.05. The second-order valence-corrected chi connectivity index (χ2v) is 5.56. The van der Waals surface area contributed by atoms with Crippen LogP contribution in [0.3, 0.4) is 0 Å². The van der Waals surface area contributed by atoms with Gasteiger partial charge in [0.15, 0.2) is 0 Å². The van der Waals surface area contributed by atoms with Crippen LogP contribution in [-0.2, 0) is 12.8 Å². The zero-order valence-corrected chi connectivity index (χ0v) is 13.0. The molecule has 1 unspecified atom stereocenters. The van der Waals surface area contributed by atoms with E-state index in [0.29, 0.717) is 6.42 Å². The first-order valence-corrected chi connectivity index (χ1v) is 7.65. The minimum atomic E-state index is -0.106. The molecule has 0 spiro atoms. The molecule has 0 fully saturated rings. The van der Waals surface area contributed by atoms with Crippen molar-refractivity contribution in [3.05, 3.63) is 70.8 Å². The van der Waals surface area contributed by atoms with E-state index in [1.807, 2.05) is 12.1 Å². The largest absolute Gasteiger partial charge is 0.396 e. The van der Waals surface area contributed by atoms with E-state index >= 15 is 0 Å². The molecule has 0 aliphatic rings. The Morgan fingerprint density at radius 1 is 1.00 bits per heavy atom. The summed E-state index contributed by atoms with van der Waals surface area (Å²) in [4.78, 5) is 0. The predicted molar refractivity (Wildman–Crippen MR) is 91.4 cm³/mol. The van der Waals surface area contributed by atoms with Gasteiger partial charge in [0.25, 0.3) is 0 Å². The van der Waals surface area contributed by atoms with E-state index in [9.17, 15) is 0 Å². The summed E-state index contributed by atoms with van der Waals surface area (Å²) < 4.78 is 0. The van der Waals surface area contributed by atoms with Crippen LogP contribution in [0.4, 0.5) is 0 Å². The molecule has 2 aromatic carbocycles. The molecule has 2 nitrogen and oxygen atoms in total. The second-order valence-electron chi connectivity index (χ2n) is 5.56. The van der Waals surface area contributed by atoms with Gasteiger partial charge in [0.05, 0.1) is 0 Å². The Kier molecular flexibility index (Phi) is 6.21. The zero-order valence-electron chi connectivity index (χ0n) is 13.0. The molecule has 0 saturated heterocycles. The lowest BCUT2D eigenvalue weighted by Gasteiger charge is -2.11. The predicted octanol–water partition coefficient (Wildman–Crippen LogP) is 3.17. The summed E-state index contributed by atoms with van der Waals surface area (Å²) in [7, 11) is 0. The average molecular weight is 293 g/mol. The number of benzene rings is 2. The minimum Gasteiger partial charge on any atom is -0.396 e. The molecule has 2 rings (SSSR count). The molecule has 114 valence electrons. The van der Waals surface area contributed by atoms with Crippen LogP contribution in [0.5, 0.6) is 0 Å². The standard InChI is InChI=1S/C20H23NO/c1-16-9-11-17(12-10-16)5-2-3-6-18-7-4-8-19(15-18)20(21)13-14-22/h4,7-12,15,20,22H,5-6,13-14,21H2,1H3. The second kappa shape index (κ2) is 8.38. The Hall–Kier alpha value is -2.08. The summed E-state index contributed by atoms with van der Waals surface area (Å²) >= 11 is 0. The summed E-state index contributed by atoms with van der Waals surface area (Å²) in [6.07, 6.45) is 2.10. The molecule has 0 amide bonds. The van der Waals surface area contributed by atoms with Crippen molar-refractivity contribution in [2.24, 2.45) is 5.73 Å². The van der Waals surface area contributed by atoms with E-state index in [1.54, 1.807) is 0 Å². The minimum absolute atomic E-state index is 0.106. The van der Waals surface area contributed by atoms with Gasteiger partial charge in [-0.05, 0) is 30.0 Å². The van der Waals surface area contributed by atoms with E-state index in [2.05, 4.69) is 55.2 Å². The van der Waals surface area contributed by atoms with Crippen molar-refractivity contribution in [2.45, 2.75) is 32.2 Å². The molecular weight excluding hydrogens is 270 g/mol. The summed E-state index contributed by atoms with van der Waals surface area (Å²) in [5, 5.41) is 8.96. The van der Waals surface area contributed by atoms with Gasteiger partial charge in [-0.3, -0.25) is 0 Å². The fraction of sp³-hybridized carbons (Fsp3) is 0.300. The quantitative estimate of drug-likeness (QED) is 0.832. The Morgan fingerprint density at radius 2 is 1.68 bits per heavy atom. The highest BCUT2D eigenvalue weighted by molar-refractivity contribution is 5.30. The van der Waals surface area contributed by atoms with E-state index in [1.165, 1.54) is 16.7 Å². The third-order valence-electron chi connectivity index (χ3n) is 3.65. The van der Waals surface area contributed by atoms with Crippen molar-refractivity contribution >= 4 is 0 Å². The number of aliphatic hydroxyl groups excluding tert-OH is 1. The topological polar surface area (TPSA) is 46.2 Å². The molecule has 2 heteroatoms. The maximum absolute atomic E-state index is 8.96. The van der Waals surface area contributed by atoms with Gasteiger partial charge in [-0.2, -0.15) is 0 Å². The first-order valence-electron chi connectivity index (χ1n) is 7.65. The maximum Gasteiger partial charge on any atom is 0.0449 e. The van der Waals surface area contributed by atoms with Crippen LogP contribution in [0.2, 0.25) is 0 Å². The van der Waals surface area contributed by atoms with Gasteiger partial charge >= 0.3 is 0 Å². The van der Waals surface area contributed by atoms with Gasteiger partial charge in [-0.25, -0.2) is 0 Å². The highest BCUT2D eigenvalue weighted by atomic mass is 16.3. The lowest BCUT2D eigenvalue weighted by atomic mass is 10.0. The Labute approximate surface area is 133 Å². The van der Waals surface area contributed by atoms with Gasteiger partial charge in [-0.1, -0.05) is 65.9 Å². The number of aryl methyl sites for hydroxylation is 1. The highest BCUT2D eigenvalue weighted by Crippen LogP contribution is 2.15. The third-order valence-corrected chi connectivity index (χ3v) is 3.65. The molecule has 0 saturated carbocycles. The Bertz CT molecular complexity index is 649. The first-order chi connectivity index (χ1) is 10.7. The van der Waals surface area contributed by atoms with Crippen LogP contribution in [0, 0.1) is 18.8 Å². The van der Waals surface area contributed by atoms with Crippen LogP contribution in [0.1, 0.15) is 34.7 Å². The van der Waals surface area contributed by atoms with Crippen LogP contribution in [-0.4, -0.2) is 11.7 Å². The summed E-state index contributed by atoms with van der Waals surface area (Å²) in [5.74, 6) is 6.44. The SMILES string of the molecule is Cc1ccc(CC#CCc2cccc(C(N)CCO)c2)cc1.